The van der Waals surface area contributed by atoms with Crippen LogP contribution < -0.4 is 16.8 Å². The summed E-state index contributed by atoms with van der Waals surface area (Å²) in [6, 6.07) is -0.560. The number of hydrogen-bond acceptors (Lipinski definition) is 7. The number of aromatic nitrogens is 1. The smallest absolute Gasteiger partial charge is 0.243 e. The van der Waals surface area contributed by atoms with Crippen LogP contribution in [0.4, 0.5) is 5.13 Å². The molecule has 130 valence electrons. The Morgan fingerprint density at radius 1 is 1.48 bits per heavy atom. The van der Waals surface area contributed by atoms with E-state index < -0.39 is 6.04 Å². The minimum Gasteiger partial charge on any atom is -0.381 e. The van der Waals surface area contributed by atoms with Gasteiger partial charge in [-0.15, -0.1) is 24.2 Å². The summed E-state index contributed by atoms with van der Waals surface area (Å²) in [5.41, 5.74) is 11.9. The van der Waals surface area contributed by atoms with E-state index in [4.69, 9.17) is 16.2 Å². The minimum absolute atomic E-state index is 0. The first-order chi connectivity index (χ1) is 10.5. The number of primary amides is 1. The number of ether oxygens (including phenoxy) is 1. The van der Waals surface area contributed by atoms with Gasteiger partial charge >= 0.3 is 0 Å². The summed E-state index contributed by atoms with van der Waals surface area (Å²) in [5, 5.41) is 3.26. The normalized spacial score (nSPS) is 16.4. The van der Waals surface area contributed by atoms with Crippen molar-refractivity contribution in [3.8, 4) is 0 Å². The Hall–Kier alpha value is -0.870. The maximum absolute atomic E-state index is 12.2. The van der Waals surface area contributed by atoms with Gasteiger partial charge < -0.3 is 21.5 Å². The van der Waals surface area contributed by atoms with E-state index in [1.54, 1.807) is 0 Å². The van der Waals surface area contributed by atoms with Gasteiger partial charge in [0.05, 0.1) is 21.7 Å². The number of nitrogens with zero attached hydrogens (tertiary/aromatic N) is 1. The van der Waals surface area contributed by atoms with Crippen molar-refractivity contribution in [2.24, 2.45) is 17.4 Å². The molecule has 0 radical (unpaired) electrons. The van der Waals surface area contributed by atoms with Gasteiger partial charge in [-0.05, 0) is 25.7 Å². The lowest BCUT2D eigenvalue weighted by Crippen LogP contribution is -2.43. The number of nitrogens with one attached hydrogen (secondary N) is 1. The number of nitrogens with two attached hydrogens (primary N) is 2. The molecule has 0 aliphatic carbocycles. The van der Waals surface area contributed by atoms with E-state index in [1.807, 2.05) is 6.92 Å². The number of halogens is 1. The monoisotopic (exact) mass is 380 g/mol. The molecule has 0 spiro atoms. The van der Waals surface area contributed by atoms with Crippen LogP contribution in [0.25, 0.3) is 0 Å². The van der Waals surface area contributed by atoms with Crippen LogP contribution in [0.3, 0.4) is 0 Å². The summed E-state index contributed by atoms with van der Waals surface area (Å²) >= 11 is 2.65. The van der Waals surface area contributed by atoms with Crippen LogP contribution in [0.15, 0.2) is 4.21 Å². The van der Waals surface area contributed by atoms with Crippen molar-refractivity contribution >= 4 is 52.5 Å². The molecule has 1 saturated heterocycles. The standard InChI is InChI=1S/C13H20N4O3S2.ClH/c1-7-12(21-6-9(14)18)22-13(16-7)17-11(19)10(15)8-2-4-20-5-3-8;/h8,10H,2-6,15H2,1H3,(H2,14,18)(H,16,17,19);1H. The Morgan fingerprint density at radius 2 is 2.13 bits per heavy atom. The number of rotatable bonds is 6. The van der Waals surface area contributed by atoms with Gasteiger partial charge in [-0.3, -0.25) is 9.59 Å². The lowest BCUT2D eigenvalue weighted by Gasteiger charge is -2.26. The highest BCUT2D eigenvalue weighted by molar-refractivity contribution is 8.01. The summed E-state index contributed by atoms with van der Waals surface area (Å²) in [6.45, 7) is 3.12. The molecule has 2 amide bonds. The molecule has 1 aromatic heterocycles. The third-order valence-electron chi connectivity index (χ3n) is 3.41. The molecule has 1 unspecified atom stereocenters. The second kappa shape index (κ2) is 9.43. The van der Waals surface area contributed by atoms with Crippen LogP contribution >= 0.6 is 35.5 Å². The molecule has 23 heavy (non-hydrogen) atoms. The van der Waals surface area contributed by atoms with Crippen molar-refractivity contribution in [1.82, 2.24) is 4.98 Å². The van der Waals surface area contributed by atoms with Crippen molar-refractivity contribution in [3.63, 3.8) is 0 Å². The van der Waals surface area contributed by atoms with E-state index in [9.17, 15) is 9.59 Å². The minimum atomic E-state index is -0.560. The Labute approximate surface area is 149 Å². The molecule has 10 heteroatoms. The lowest BCUT2D eigenvalue weighted by atomic mass is 9.92. The van der Waals surface area contributed by atoms with E-state index in [1.165, 1.54) is 23.1 Å². The summed E-state index contributed by atoms with van der Waals surface area (Å²) < 4.78 is 6.14. The number of amides is 2. The van der Waals surface area contributed by atoms with Crippen LogP contribution in [-0.2, 0) is 14.3 Å². The largest absolute Gasteiger partial charge is 0.381 e. The van der Waals surface area contributed by atoms with Crippen molar-refractivity contribution in [1.29, 1.82) is 0 Å². The topological polar surface area (TPSA) is 120 Å². The molecule has 5 N–H and O–H groups in total. The van der Waals surface area contributed by atoms with Crippen LogP contribution in [0.1, 0.15) is 18.5 Å². The third-order valence-corrected chi connectivity index (χ3v) is 5.86. The second-order valence-electron chi connectivity index (χ2n) is 5.11. The Balaban J connectivity index is 0.00000264. The average molecular weight is 381 g/mol. The van der Waals surface area contributed by atoms with Gasteiger partial charge in [0.25, 0.3) is 0 Å². The first kappa shape index (κ1) is 20.2. The second-order valence-corrected chi connectivity index (χ2v) is 7.35. The van der Waals surface area contributed by atoms with Crippen LogP contribution in [0, 0.1) is 12.8 Å². The third kappa shape index (κ3) is 5.92. The molecule has 2 rings (SSSR count). The molecule has 1 aliphatic heterocycles. The number of carbonyl (C=O) groups excluding carboxylic acids is 2. The molecule has 0 aromatic carbocycles. The van der Waals surface area contributed by atoms with Crippen molar-refractivity contribution in [2.75, 3.05) is 24.3 Å². The SMILES string of the molecule is Cc1nc(NC(=O)C(N)C2CCOCC2)sc1SCC(N)=O.Cl. The van der Waals surface area contributed by atoms with Gasteiger partial charge in [-0.2, -0.15) is 0 Å². The summed E-state index contributed by atoms with van der Waals surface area (Å²) in [7, 11) is 0. The molecule has 2 heterocycles. The highest BCUT2D eigenvalue weighted by Crippen LogP contribution is 2.32. The first-order valence-electron chi connectivity index (χ1n) is 7.00. The lowest BCUT2D eigenvalue weighted by molar-refractivity contribution is -0.119. The van der Waals surface area contributed by atoms with Gasteiger partial charge in [0.1, 0.15) is 0 Å². The van der Waals surface area contributed by atoms with Crippen LogP contribution in [0.2, 0.25) is 0 Å². The van der Waals surface area contributed by atoms with Crippen molar-refractivity contribution in [2.45, 2.75) is 30.0 Å². The molecule has 7 nitrogen and oxygen atoms in total. The molecular weight excluding hydrogens is 360 g/mol. The number of aryl methyl sites for hydroxylation is 1. The van der Waals surface area contributed by atoms with Gasteiger partial charge in [0.2, 0.25) is 11.8 Å². The predicted octanol–water partition coefficient (Wildman–Crippen LogP) is 1.14. The van der Waals surface area contributed by atoms with E-state index in [2.05, 4.69) is 10.3 Å². The number of thioether (sulfide) groups is 1. The zero-order valence-corrected chi connectivity index (χ0v) is 15.2. The average Bonchev–Trinajstić information content (AvgIpc) is 2.85. The fraction of sp³-hybridized carbons (Fsp3) is 0.615. The Kier molecular flexibility index (Phi) is 8.27. The van der Waals surface area contributed by atoms with E-state index in [0.29, 0.717) is 18.3 Å². The van der Waals surface area contributed by atoms with E-state index >= 15 is 0 Å². The van der Waals surface area contributed by atoms with E-state index in [-0.39, 0.29) is 35.9 Å². The number of thiazole rings is 1. The van der Waals surface area contributed by atoms with Crippen LogP contribution in [0.5, 0.6) is 0 Å². The zero-order chi connectivity index (χ0) is 16.1. The van der Waals surface area contributed by atoms with Crippen molar-refractivity contribution in [3.05, 3.63) is 5.69 Å². The molecule has 0 saturated carbocycles. The zero-order valence-electron chi connectivity index (χ0n) is 12.7. The first-order valence-corrected chi connectivity index (χ1v) is 8.80. The van der Waals surface area contributed by atoms with Crippen molar-refractivity contribution < 1.29 is 14.3 Å². The highest BCUT2D eigenvalue weighted by atomic mass is 35.5. The number of hydrogen-bond donors (Lipinski definition) is 3. The molecule has 0 bridgehead atoms. The Bertz CT molecular complexity index is 549. The fourth-order valence-electron chi connectivity index (χ4n) is 2.18. The maximum atomic E-state index is 12.2. The highest BCUT2D eigenvalue weighted by Gasteiger charge is 2.27. The maximum Gasteiger partial charge on any atom is 0.243 e. The summed E-state index contributed by atoms with van der Waals surface area (Å²) in [4.78, 5) is 27.3. The molecule has 1 aromatic rings. The molecule has 1 atom stereocenters. The van der Waals surface area contributed by atoms with E-state index in [0.717, 1.165) is 22.7 Å². The molecular formula is C13H21ClN4O3S2. The quantitative estimate of drug-likeness (QED) is 0.636. The predicted molar refractivity (Wildman–Crippen MR) is 94.2 cm³/mol. The molecule has 1 aliphatic rings. The number of carbonyl (C=O) groups is 2. The molecule has 1 fully saturated rings. The Morgan fingerprint density at radius 3 is 2.74 bits per heavy atom. The summed E-state index contributed by atoms with van der Waals surface area (Å²) in [5.74, 6) is -0.284. The van der Waals surface area contributed by atoms with Gasteiger partial charge in [0, 0.05) is 13.2 Å². The van der Waals surface area contributed by atoms with Crippen LogP contribution in [-0.4, -0.2) is 41.8 Å². The number of anilines is 1. The van der Waals surface area contributed by atoms with Gasteiger partial charge in [0.15, 0.2) is 5.13 Å². The van der Waals surface area contributed by atoms with Gasteiger partial charge in [-0.1, -0.05) is 11.3 Å². The summed E-state index contributed by atoms with van der Waals surface area (Å²) in [6.07, 6.45) is 1.59. The fourth-order valence-corrected chi connectivity index (χ4v) is 4.06. The van der Waals surface area contributed by atoms with Gasteiger partial charge in [-0.25, -0.2) is 4.98 Å².